The second kappa shape index (κ2) is 9.72. The molecule has 2 aliphatic rings. The van der Waals surface area contributed by atoms with Gasteiger partial charge in [-0.3, -0.25) is 0 Å². The summed E-state index contributed by atoms with van der Waals surface area (Å²) in [5.41, 5.74) is 1.70. The van der Waals surface area contributed by atoms with Crippen LogP contribution in [0, 0.1) is 0 Å². The minimum absolute atomic E-state index is 0.133. The summed E-state index contributed by atoms with van der Waals surface area (Å²) in [6, 6.07) is 12.8. The van der Waals surface area contributed by atoms with Crippen molar-refractivity contribution in [2.45, 2.75) is 32.5 Å². The zero-order valence-corrected chi connectivity index (χ0v) is 17.3. The maximum atomic E-state index is 12.7. The molecule has 0 aliphatic carbocycles. The van der Waals surface area contributed by atoms with Crippen LogP contribution in [-0.2, 0) is 6.54 Å². The Morgan fingerprint density at radius 1 is 1.23 bits per heavy atom. The molecule has 2 heterocycles. The summed E-state index contributed by atoms with van der Waals surface area (Å²) < 4.78 is 40.9. The van der Waals surface area contributed by atoms with Gasteiger partial charge in [0.25, 0.3) is 0 Å². The third kappa shape index (κ3) is 5.28. The van der Waals surface area contributed by atoms with Gasteiger partial charge in [0.1, 0.15) is 5.75 Å². The van der Waals surface area contributed by atoms with E-state index in [9.17, 15) is 8.78 Å². The Bertz CT molecular complexity index is 925. The number of fused-ring (bicyclic) bond motifs is 1. The first kappa shape index (κ1) is 21.0. The molecule has 2 aliphatic heterocycles. The van der Waals surface area contributed by atoms with Gasteiger partial charge in [-0.15, -0.1) is 0 Å². The number of hydrogen-bond acceptors (Lipinski definition) is 5. The van der Waals surface area contributed by atoms with Crippen molar-refractivity contribution in [1.29, 1.82) is 0 Å². The van der Waals surface area contributed by atoms with Gasteiger partial charge in [-0.1, -0.05) is 18.2 Å². The fourth-order valence-electron chi connectivity index (χ4n) is 3.73. The van der Waals surface area contributed by atoms with Crippen molar-refractivity contribution >= 4 is 11.6 Å². The van der Waals surface area contributed by atoms with Crippen LogP contribution in [0.2, 0.25) is 0 Å². The average molecular weight is 432 g/mol. The third-order valence-corrected chi connectivity index (χ3v) is 5.15. The Kier molecular flexibility index (Phi) is 6.59. The second-order valence-electron chi connectivity index (χ2n) is 7.30. The summed E-state index contributed by atoms with van der Waals surface area (Å²) in [6.07, 6.45) is 0.859. The van der Waals surface area contributed by atoms with Gasteiger partial charge in [0.05, 0.1) is 12.2 Å². The van der Waals surface area contributed by atoms with Crippen molar-refractivity contribution in [3.8, 4) is 17.2 Å². The van der Waals surface area contributed by atoms with Crippen LogP contribution in [-0.4, -0.2) is 45.0 Å². The lowest BCUT2D eigenvalue weighted by Gasteiger charge is -2.22. The number of nitrogens with one attached hydrogen (secondary N) is 2. The molecule has 0 radical (unpaired) electrons. The van der Waals surface area contributed by atoms with E-state index in [1.807, 2.05) is 31.2 Å². The summed E-state index contributed by atoms with van der Waals surface area (Å²) in [7, 11) is 0. The Labute approximate surface area is 180 Å². The quantitative estimate of drug-likeness (QED) is 0.517. The minimum atomic E-state index is -2.85. The fourth-order valence-corrected chi connectivity index (χ4v) is 3.73. The number of rotatable bonds is 7. The normalized spacial score (nSPS) is 17.9. The Balaban J connectivity index is 1.39. The molecule has 2 N–H and O–H groups in total. The first-order valence-corrected chi connectivity index (χ1v) is 10.3. The van der Waals surface area contributed by atoms with Crippen LogP contribution in [0.4, 0.5) is 14.5 Å². The van der Waals surface area contributed by atoms with E-state index in [2.05, 4.69) is 25.3 Å². The predicted molar refractivity (Wildman–Crippen MR) is 114 cm³/mol. The maximum Gasteiger partial charge on any atom is 0.387 e. The van der Waals surface area contributed by atoms with Gasteiger partial charge in [0.2, 0.25) is 6.79 Å². The van der Waals surface area contributed by atoms with E-state index in [4.69, 9.17) is 9.47 Å². The number of anilines is 1. The van der Waals surface area contributed by atoms with Crippen molar-refractivity contribution in [2.24, 2.45) is 4.99 Å². The number of alkyl halides is 2. The first-order valence-electron chi connectivity index (χ1n) is 10.3. The van der Waals surface area contributed by atoms with E-state index >= 15 is 0 Å². The van der Waals surface area contributed by atoms with E-state index in [0.717, 1.165) is 36.6 Å². The highest BCUT2D eigenvalue weighted by Gasteiger charge is 2.26. The zero-order valence-electron chi connectivity index (χ0n) is 17.3. The number of para-hydroxylation sites is 2. The van der Waals surface area contributed by atoms with Crippen molar-refractivity contribution in [3.05, 3.63) is 48.0 Å². The molecule has 31 heavy (non-hydrogen) atoms. The lowest BCUT2D eigenvalue weighted by molar-refractivity contribution is -0.0495. The number of guanidine groups is 1. The lowest BCUT2D eigenvalue weighted by atomic mass is 10.2. The topological polar surface area (TPSA) is 67.4 Å². The van der Waals surface area contributed by atoms with E-state index in [1.165, 1.54) is 0 Å². The monoisotopic (exact) mass is 432 g/mol. The summed E-state index contributed by atoms with van der Waals surface area (Å²) in [6.45, 7) is 2.04. The predicted octanol–water partition coefficient (Wildman–Crippen LogP) is 3.35. The molecule has 166 valence electrons. The summed E-state index contributed by atoms with van der Waals surface area (Å²) in [5.74, 6) is 2.40. The molecule has 1 atom stereocenters. The molecule has 1 fully saturated rings. The number of nitrogens with zero attached hydrogens (tertiary/aromatic N) is 2. The summed E-state index contributed by atoms with van der Waals surface area (Å²) >= 11 is 0. The minimum Gasteiger partial charge on any atom is -0.454 e. The fraction of sp³-hybridized carbons (Fsp3) is 0.409. The number of ether oxygens (including phenoxy) is 3. The SMILES string of the molecule is CCNC(=NCc1ccc2c(c1)OCO2)NC1CCN(c2ccccc2OC(F)F)C1. The third-order valence-electron chi connectivity index (χ3n) is 5.15. The van der Waals surface area contributed by atoms with Gasteiger partial charge in [0.15, 0.2) is 17.5 Å². The van der Waals surface area contributed by atoms with Crippen LogP contribution in [0.3, 0.4) is 0 Å². The van der Waals surface area contributed by atoms with Crippen LogP contribution < -0.4 is 29.7 Å². The van der Waals surface area contributed by atoms with E-state index in [0.29, 0.717) is 24.7 Å². The van der Waals surface area contributed by atoms with Crippen LogP contribution in [0.15, 0.2) is 47.5 Å². The molecule has 0 bridgehead atoms. The Morgan fingerprint density at radius 2 is 2.06 bits per heavy atom. The standard InChI is InChI=1S/C22H26F2N4O3/c1-2-25-22(26-12-15-7-8-19-20(11-15)30-14-29-19)27-16-9-10-28(13-16)17-5-3-4-6-18(17)31-21(23)24/h3-8,11,16,21H,2,9-10,12-14H2,1H3,(H2,25,26,27). The van der Waals surface area contributed by atoms with Crippen molar-refractivity contribution in [2.75, 3.05) is 31.3 Å². The van der Waals surface area contributed by atoms with Gasteiger partial charge >= 0.3 is 6.61 Å². The highest BCUT2D eigenvalue weighted by atomic mass is 19.3. The van der Waals surface area contributed by atoms with Crippen LogP contribution in [0.5, 0.6) is 17.2 Å². The molecular weight excluding hydrogens is 406 g/mol. The van der Waals surface area contributed by atoms with Crippen LogP contribution >= 0.6 is 0 Å². The first-order chi connectivity index (χ1) is 15.1. The van der Waals surface area contributed by atoms with Crippen molar-refractivity contribution in [3.63, 3.8) is 0 Å². The molecule has 9 heteroatoms. The van der Waals surface area contributed by atoms with E-state index in [-0.39, 0.29) is 18.6 Å². The summed E-state index contributed by atoms with van der Waals surface area (Å²) in [5, 5.41) is 6.72. The lowest BCUT2D eigenvalue weighted by Crippen LogP contribution is -2.44. The molecule has 2 aromatic rings. The molecule has 0 spiro atoms. The molecule has 0 saturated carbocycles. The van der Waals surface area contributed by atoms with Crippen LogP contribution in [0.25, 0.3) is 0 Å². The number of benzene rings is 2. The summed E-state index contributed by atoms with van der Waals surface area (Å²) in [4.78, 5) is 6.74. The number of hydrogen-bond donors (Lipinski definition) is 2. The molecule has 4 rings (SSSR count). The molecular formula is C22H26F2N4O3. The van der Waals surface area contributed by atoms with Gasteiger partial charge < -0.3 is 29.7 Å². The smallest absolute Gasteiger partial charge is 0.387 e. The molecule has 7 nitrogen and oxygen atoms in total. The molecule has 1 unspecified atom stereocenters. The molecule has 0 aromatic heterocycles. The van der Waals surface area contributed by atoms with E-state index in [1.54, 1.807) is 18.2 Å². The van der Waals surface area contributed by atoms with Gasteiger partial charge in [0, 0.05) is 25.7 Å². The van der Waals surface area contributed by atoms with Crippen molar-refractivity contribution in [1.82, 2.24) is 10.6 Å². The maximum absolute atomic E-state index is 12.7. The second-order valence-corrected chi connectivity index (χ2v) is 7.30. The average Bonchev–Trinajstić information content (AvgIpc) is 3.41. The van der Waals surface area contributed by atoms with Crippen molar-refractivity contribution < 1.29 is 23.0 Å². The number of aliphatic imine (C=N–C) groups is 1. The van der Waals surface area contributed by atoms with Gasteiger partial charge in [-0.25, -0.2) is 4.99 Å². The molecule has 1 saturated heterocycles. The zero-order chi connectivity index (χ0) is 21.6. The Morgan fingerprint density at radius 3 is 2.90 bits per heavy atom. The highest BCUT2D eigenvalue weighted by Crippen LogP contribution is 2.33. The molecule has 0 amide bonds. The van der Waals surface area contributed by atoms with Gasteiger partial charge in [-0.05, 0) is 43.2 Å². The van der Waals surface area contributed by atoms with Gasteiger partial charge in [-0.2, -0.15) is 8.78 Å². The van der Waals surface area contributed by atoms with E-state index < -0.39 is 6.61 Å². The largest absolute Gasteiger partial charge is 0.454 e. The van der Waals surface area contributed by atoms with Crippen LogP contribution in [0.1, 0.15) is 18.9 Å². The Hall–Kier alpha value is -3.23. The highest BCUT2D eigenvalue weighted by molar-refractivity contribution is 5.80. The number of halogens is 2. The molecule has 2 aromatic carbocycles.